The Balaban J connectivity index is 1.64. The highest BCUT2D eigenvalue weighted by atomic mass is 19.4. The van der Waals surface area contributed by atoms with Gasteiger partial charge in [-0.05, 0) is 36.2 Å². The molecule has 0 fully saturated rings. The van der Waals surface area contributed by atoms with Gasteiger partial charge in [-0.2, -0.15) is 13.2 Å². The number of amides is 2. The third kappa shape index (κ3) is 5.98. The Hall–Kier alpha value is -2.77. The molecule has 0 radical (unpaired) electrons. The van der Waals surface area contributed by atoms with Gasteiger partial charge >= 0.3 is 6.18 Å². The maximum absolute atomic E-state index is 12.4. The van der Waals surface area contributed by atoms with E-state index in [9.17, 15) is 22.8 Å². The first-order chi connectivity index (χ1) is 11.9. The van der Waals surface area contributed by atoms with E-state index in [-0.39, 0.29) is 24.6 Å². The van der Waals surface area contributed by atoms with Gasteiger partial charge in [-0.3, -0.25) is 9.59 Å². The van der Waals surface area contributed by atoms with Crippen molar-refractivity contribution in [2.24, 2.45) is 0 Å². The van der Waals surface area contributed by atoms with Crippen LogP contribution < -0.4 is 10.6 Å². The molecular weight excluding hydrogens is 337 g/mol. The Morgan fingerprint density at radius 2 is 1.72 bits per heavy atom. The molecule has 0 unspecified atom stereocenters. The van der Waals surface area contributed by atoms with Crippen LogP contribution in [0.25, 0.3) is 0 Å². The third-order valence-electron chi connectivity index (χ3n) is 3.40. The summed E-state index contributed by atoms with van der Waals surface area (Å²) >= 11 is 0. The van der Waals surface area contributed by atoms with Crippen LogP contribution in [0.2, 0.25) is 0 Å². The zero-order valence-corrected chi connectivity index (χ0v) is 13.2. The lowest BCUT2D eigenvalue weighted by Crippen LogP contribution is -2.31. The van der Waals surface area contributed by atoms with Crippen LogP contribution in [0.3, 0.4) is 0 Å². The first kappa shape index (κ1) is 18.6. The van der Waals surface area contributed by atoms with E-state index in [1.807, 2.05) is 0 Å². The number of halogens is 3. The number of rotatable bonds is 7. The molecule has 2 aromatic rings. The summed E-state index contributed by atoms with van der Waals surface area (Å²) in [6.45, 7) is 0.460. The number of alkyl halides is 3. The molecule has 0 aliphatic carbocycles. The van der Waals surface area contributed by atoms with E-state index in [1.54, 1.807) is 6.07 Å². The van der Waals surface area contributed by atoms with Crippen molar-refractivity contribution in [2.75, 3.05) is 13.1 Å². The molecule has 1 aromatic carbocycles. The molecule has 1 heterocycles. The number of furan rings is 1. The van der Waals surface area contributed by atoms with E-state index in [0.717, 1.165) is 12.1 Å². The quantitative estimate of drug-likeness (QED) is 0.803. The van der Waals surface area contributed by atoms with Gasteiger partial charge in [0.1, 0.15) is 0 Å². The van der Waals surface area contributed by atoms with Gasteiger partial charge in [-0.1, -0.05) is 12.1 Å². The summed E-state index contributed by atoms with van der Waals surface area (Å²) < 4.78 is 42.3. The van der Waals surface area contributed by atoms with Crippen molar-refractivity contribution in [2.45, 2.75) is 19.0 Å². The largest absolute Gasteiger partial charge is 0.459 e. The van der Waals surface area contributed by atoms with Gasteiger partial charge < -0.3 is 15.1 Å². The standard InChI is InChI=1S/C17H17F3N2O3/c18-17(19,20)13-5-3-12(4-6-13)7-9-21-15(23)8-10-22-16(24)14-2-1-11-25-14/h1-6,11H,7-10H2,(H,21,23)(H,22,24). The van der Waals surface area contributed by atoms with Crippen molar-refractivity contribution in [1.82, 2.24) is 10.6 Å². The summed E-state index contributed by atoms with van der Waals surface area (Å²) in [6, 6.07) is 7.90. The second-order valence-corrected chi connectivity index (χ2v) is 5.28. The monoisotopic (exact) mass is 354 g/mol. The molecule has 2 N–H and O–H groups in total. The van der Waals surface area contributed by atoms with Crippen LogP contribution in [-0.2, 0) is 17.4 Å². The maximum atomic E-state index is 12.4. The topological polar surface area (TPSA) is 71.3 Å². The summed E-state index contributed by atoms with van der Waals surface area (Å²) in [5.74, 6) is -0.489. The Labute approximate surface area is 142 Å². The number of carbonyl (C=O) groups excluding carboxylic acids is 2. The molecule has 134 valence electrons. The maximum Gasteiger partial charge on any atom is 0.416 e. The van der Waals surface area contributed by atoms with E-state index in [4.69, 9.17) is 4.42 Å². The summed E-state index contributed by atoms with van der Waals surface area (Å²) in [7, 11) is 0. The molecule has 0 aliphatic rings. The van der Waals surface area contributed by atoms with Gasteiger partial charge in [0.15, 0.2) is 5.76 Å². The molecule has 2 rings (SSSR count). The van der Waals surface area contributed by atoms with Crippen molar-refractivity contribution in [1.29, 1.82) is 0 Å². The molecule has 8 heteroatoms. The van der Waals surface area contributed by atoms with E-state index in [2.05, 4.69) is 10.6 Å². The minimum absolute atomic E-state index is 0.0967. The van der Waals surface area contributed by atoms with Crippen molar-refractivity contribution < 1.29 is 27.2 Å². The number of nitrogens with one attached hydrogen (secondary N) is 2. The van der Waals surface area contributed by atoms with Gasteiger partial charge in [0.05, 0.1) is 11.8 Å². The fourth-order valence-electron chi connectivity index (χ4n) is 2.08. The molecular formula is C17H17F3N2O3. The average molecular weight is 354 g/mol. The first-order valence-electron chi connectivity index (χ1n) is 7.61. The minimum atomic E-state index is -4.35. The van der Waals surface area contributed by atoms with Crippen LogP contribution in [0.15, 0.2) is 47.1 Å². The molecule has 0 spiro atoms. The Morgan fingerprint density at radius 1 is 1.00 bits per heavy atom. The lowest BCUT2D eigenvalue weighted by molar-refractivity contribution is -0.137. The summed E-state index contributed by atoms with van der Waals surface area (Å²) in [5, 5.41) is 5.19. The smallest absolute Gasteiger partial charge is 0.416 e. The van der Waals surface area contributed by atoms with E-state index < -0.39 is 17.6 Å². The molecule has 0 saturated carbocycles. The van der Waals surface area contributed by atoms with Crippen molar-refractivity contribution in [3.05, 3.63) is 59.5 Å². The van der Waals surface area contributed by atoms with E-state index in [0.29, 0.717) is 18.5 Å². The molecule has 2 amide bonds. The van der Waals surface area contributed by atoms with Gasteiger partial charge in [-0.25, -0.2) is 0 Å². The fourth-order valence-corrected chi connectivity index (χ4v) is 2.08. The minimum Gasteiger partial charge on any atom is -0.459 e. The Kier molecular flexibility index (Phi) is 6.21. The molecule has 0 aliphatic heterocycles. The zero-order valence-electron chi connectivity index (χ0n) is 13.2. The normalized spacial score (nSPS) is 11.2. The molecule has 5 nitrogen and oxygen atoms in total. The number of hydrogen-bond donors (Lipinski definition) is 2. The highest BCUT2D eigenvalue weighted by molar-refractivity contribution is 5.91. The predicted octanol–water partition coefficient (Wildman–Crippen LogP) is 2.78. The van der Waals surface area contributed by atoms with Gasteiger partial charge in [-0.15, -0.1) is 0 Å². The highest BCUT2D eigenvalue weighted by Crippen LogP contribution is 2.29. The summed E-state index contributed by atoms with van der Waals surface area (Å²) in [6.07, 6.45) is -2.46. The van der Waals surface area contributed by atoms with E-state index in [1.165, 1.54) is 24.5 Å². The fraction of sp³-hybridized carbons (Fsp3) is 0.294. The van der Waals surface area contributed by atoms with Gasteiger partial charge in [0.25, 0.3) is 5.91 Å². The van der Waals surface area contributed by atoms with Crippen LogP contribution in [0.4, 0.5) is 13.2 Å². The SMILES string of the molecule is O=C(CCNC(=O)c1ccco1)NCCc1ccc(C(F)(F)F)cc1. The molecule has 0 bridgehead atoms. The molecule has 0 atom stereocenters. The average Bonchev–Trinajstić information content (AvgIpc) is 3.09. The van der Waals surface area contributed by atoms with Crippen molar-refractivity contribution in [3.8, 4) is 0 Å². The lowest BCUT2D eigenvalue weighted by atomic mass is 10.1. The van der Waals surface area contributed by atoms with Gasteiger partial charge in [0.2, 0.25) is 5.91 Å². The Bertz CT molecular complexity index is 695. The zero-order chi connectivity index (χ0) is 18.3. The van der Waals surface area contributed by atoms with Crippen LogP contribution in [-0.4, -0.2) is 24.9 Å². The second kappa shape index (κ2) is 8.36. The van der Waals surface area contributed by atoms with Crippen LogP contribution in [0, 0.1) is 0 Å². The predicted molar refractivity (Wildman–Crippen MR) is 83.8 cm³/mol. The number of hydrogen-bond acceptors (Lipinski definition) is 3. The van der Waals surface area contributed by atoms with Crippen LogP contribution >= 0.6 is 0 Å². The van der Waals surface area contributed by atoms with Crippen LogP contribution in [0.1, 0.15) is 28.1 Å². The summed E-state index contributed by atoms with van der Waals surface area (Å²) in [5.41, 5.74) is -0.00740. The number of benzene rings is 1. The lowest BCUT2D eigenvalue weighted by Gasteiger charge is -2.08. The Morgan fingerprint density at radius 3 is 2.32 bits per heavy atom. The highest BCUT2D eigenvalue weighted by Gasteiger charge is 2.29. The molecule has 0 saturated heterocycles. The first-order valence-corrected chi connectivity index (χ1v) is 7.61. The van der Waals surface area contributed by atoms with E-state index >= 15 is 0 Å². The van der Waals surface area contributed by atoms with Gasteiger partial charge in [0, 0.05) is 19.5 Å². The molecule has 25 heavy (non-hydrogen) atoms. The number of carbonyl (C=O) groups is 2. The third-order valence-corrected chi connectivity index (χ3v) is 3.40. The second-order valence-electron chi connectivity index (χ2n) is 5.28. The van der Waals surface area contributed by atoms with Crippen LogP contribution in [0.5, 0.6) is 0 Å². The van der Waals surface area contributed by atoms with Crippen molar-refractivity contribution >= 4 is 11.8 Å². The molecule has 1 aromatic heterocycles. The van der Waals surface area contributed by atoms with Crippen molar-refractivity contribution in [3.63, 3.8) is 0 Å². The summed E-state index contributed by atoms with van der Waals surface area (Å²) in [4.78, 5) is 23.2.